The molecule has 5 heteroatoms. The lowest BCUT2D eigenvalue weighted by atomic mass is 10.1. The van der Waals surface area contributed by atoms with Gasteiger partial charge in [-0.1, -0.05) is 29.8 Å². The predicted octanol–water partition coefficient (Wildman–Crippen LogP) is 3.45. The van der Waals surface area contributed by atoms with E-state index in [0.29, 0.717) is 5.75 Å². The zero-order valence-corrected chi connectivity index (χ0v) is 13.3. The molecule has 0 spiro atoms. The maximum Gasteiger partial charge on any atom is 0.228 e. The van der Waals surface area contributed by atoms with Crippen molar-refractivity contribution < 1.29 is 14.6 Å². The fraction of sp³-hybridized carbons (Fsp3) is 0.278. The SMILES string of the molecule is O=C(Nc1ccc(OCCO)cc1)C1CC1c1ccccc1Cl. The number of ether oxygens (including phenoxy) is 1. The molecule has 2 N–H and O–H groups in total. The number of aliphatic hydroxyl groups excluding tert-OH is 1. The van der Waals surface area contributed by atoms with Crippen molar-refractivity contribution in [3.05, 3.63) is 59.1 Å². The topological polar surface area (TPSA) is 58.6 Å². The zero-order chi connectivity index (χ0) is 16.2. The summed E-state index contributed by atoms with van der Waals surface area (Å²) in [6, 6.07) is 14.8. The van der Waals surface area contributed by atoms with Crippen molar-refractivity contribution in [2.24, 2.45) is 5.92 Å². The number of hydrogen-bond acceptors (Lipinski definition) is 3. The molecule has 1 aliphatic carbocycles. The van der Waals surface area contributed by atoms with Crippen molar-refractivity contribution in [2.45, 2.75) is 12.3 Å². The first kappa shape index (κ1) is 15.8. The molecule has 1 amide bonds. The number of nitrogens with one attached hydrogen (secondary N) is 1. The summed E-state index contributed by atoms with van der Waals surface area (Å²) in [5, 5.41) is 12.4. The highest BCUT2D eigenvalue weighted by Gasteiger charge is 2.44. The molecule has 2 unspecified atom stereocenters. The second-order valence-corrected chi connectivity index (χ2v) is 5.96. The van der Waals surface area contributed by atoms with Gasteiger partial charge in [0.1, 0.15) is 12.4 Å². The molecule has 3 rings (SSSR count). The molecule has 1 saturated carbocycles. The molecule has 0 aromatic heterocycles. The Morgan fingerprint density at radius 2 is 1.96 bits per heavy atom. The van der Waals surface area contributed by atoms with Gasteiger partial charge in [-0.3, -0.25) is 4.79 Å². The maximum atomic E-state index is 12.3. The summed E-state index contributed by atoms with van der Waals surface area (Å²) in [4.78, 5) is 12.3. The van der Waals surface area contributed by atoms with Crippen molar-refractivity contribution in [3.63, 3.8) is 0 Å². The molecule has 4 nitrogen and oxygen atoms in total. The summed E-state index contributed by atoms with van der Waals surface area (Å²) in [7, 11) is 0. The van der Waals surface area contributed by atoms with E-state index in [2.05, 4.69) is 5.32 Å². The van der Waals surface area contributed by atoms with Crippen LogP contribution in [0.25, 0.3) is 0 Å². The maximum absolute atomic E-state index is 12.3. The summed E-state index contributed by atoms with van der Waals surface area (Å²) in [5.41, 5.74) is 1.78. The van der Waals surface area contributed by atoms with E-state index in [0.717, 1.165) is 22.7 Å². The molecule has 0 saturated heterocycles. The number of halogens is 1. The van der Waals surface area contributed by atoms with Crippen LogP contribution in [-0.4, -0.2) is 24.2 Å². The smallest absolute Gasteiger partial charge is 0.228 e. The van der Waals surface area contributed by atoms with Crippen LogP contribution in [0.3, 0.4) is 0 Å². The van der Waals surface area contributed by atoms with Crippen molar-refractivity contribution in [3.8, 4) is 5.75 Å². The number of carbonyl (C=O) groups is 1. The van der Waals surface area contributed by atoms with Gasteiger partial charge in [0, 0.05) is 16.6 Å². The van der Waals surface area contributed by atoms with Crippen LogP contribution in [0.5, 0.6) is 5.75 Å². The largest absolute Gasteiger partial charge is 0.491 e. The highest BCUT2D eigenvalue weighted by molar-refractivity contribution is 6.31. The Balaban J connectivity index is 1.57. The lowest BCUT2D eigenvalue weighted by Crippen LogP contribution is -2.14. The van der Waals surface area contributed by atoms with Gasteiger partial charge >= 0.3 is 0 Å². The predicted molar refractivity (Wildman–Crippen MR) is 90.0 cm³/mol. The fourth-order valence-electron chi connectivity index (χ4n) is 2.64. The number of amides is 1. The van der Waals surface area contributed by atoms with Crippen molar-refractivity contribution in [1.82, 2.24) is 0 Å². The molecule has 0 aliphatic heterocycles. The monoisotopic (exact) mass is 331 g/mol. The Hall–Kier alpha value is -2.04. The minimum absolute atomic E-state index is 0.0129. The van der Waals surface area contributed by atoms with Crippen LogP contribution in [0.2, 0.25) is 5.02 Å². The van der Waals surface area contributed by atoms with Crippen LogP contribution in [-0.2, 0) is 4.79 Å². The van der Waals surface area contributed by atoms with Crippen LogP contribution in [0.15, 0.2) is 48.5 Å². The number of benzene rings is 2. The van der Waals surface area contributed by atoms with Gasteiger partial charge in [-0.05, 0) is 48.2 Å². The summed E-state index contributed by atoms with van der Waals surface area (Å²) >= 11 is 6.19. The van der Waals surface area contributed by atoms with Crippen LogP contribution in [0.4, 0.5) is 5.69 Å². The van der Waals surface area contributed by atoms with E-state index in [1.807, 2.05) is 24.3 Å². The van der Waals surface area contributed by atoms with Crippen LogP contribution >= 0.6 is 11.6 Å². The van der Waals surface area contributed by atoms with Crippen LogP contribution < -0.4 is 10.1 Å². The number of carbonyl (C=O) groups excluding carboxylic acids is 1. The second-order valence-electron chi connectivity index (χ2n) is 5.56. The van der Waals surface area contributed by atoms with E-state index in [1.54, 1.807) is 24.3 Å². The number of hydrogen-bond donors (Lipinski definition) is 2. The Morgan fingerprint density at radius 3 is 2.65 bits per heavy atom. The Morgan fingerprint density at radius 1 is 1.22 bits per heavy atom. The van der Waals surface area contributed by atoms with Crippen molar-refractivity contribution >= 4 is 23.2 Å². The Bertz CT molecular complexity index is 687. The molecule has 0 radical (unpaired) electrons. The molecule has 2 aromatic carbocycles. The number of rotatable bonds is 6. The molecule has 0 heterocycles. The van der Waals surface area contributed by atoms with E-state index in [4.69, 9.17) is 21.4 Å². The van der Waals surface area contributed by atoms with E-state index in [9.17, 15) is 4.79 Å². The average Bonchev–Trinajstić information content (AvgIpc) is 3.35. The first-order valence-corrected chi connectivity index (χ1v) is 7.96. The lowest BCUT2D eigenvalue weighted by Gasteiger charge is -2.08. The molecule has 2 aromatic rings. The molecule has 1 aliphatic rings. The van der Waals surface area contributed by atoms with Crippen molar-refractivity contribution in [2.75, 3.05) is 18.5 Å². The highest BCUT2D eigenvalue weighted by atomic mass is 35.5. The van der Waals surface area contributed by atoms with E-state index in [-0.39, 0.29) is 31.0 Å². The lowest BCUT2D eigenvalue weighted by molar-refractivity contribution is -0.117. The van der Waals surface area contributed by atoms with Crippen LogP contribution in [0.1, 0.15) is 17.9 Å². The van der Waals surface area contributed by atoms with Crippen molar-refractivity contribution in [1.29, 1.82) is 0 Å². The normalized spacial score (nSPS) is 19.2. The van der Waals surface area contributed by atoms with Gasteiger partial charge in [0.2, 0.25) is 5.91 Å². The Kier molecular flexibility index (Phi) is 4.84. The second kappa shape index (κ2) is 7.02. The Labute approximate surface area is 140 Å². The third-order valence-corrected chi connectivity index (χ3v) is 4.26. The molecule has 120 valence electrons. The molecule has 23 heavy (non-hydrogen) atoms. The highest BCUT2D eigenvalue weighted by Crippen LogP contribution is 2.49. The molecular weight excluding hydrogens is 314 g/mol. The van der Waals surface area contributed by atoms with E-state index < -0.39 is 0 Å². The van der Waals surface area contributed by atoms with Gasteiger partial charge in [-0.2, -0.15) is 0 Å². The molecular formula is C18H18ClNO3. The summed E-state index contributed by atoms with van der Waals surface area (Å²) in [6.07, 6.45) is 0.827. The third kappa shape index (κ3) is 3.84. The summed E-state index contributed by atoms with van der Waals surface area (Å²) in [6.45, 7) is 0.233. The fourth-order valence-corrected chi connectivity index (χ4v) is 2.91. The average molecular weight is 332 g/mol. The van der Waals surface area contributed by atoms with Gasteiger partial charge < -0.3 is 15.2 Å². The van der Waals surface area contributed by atoms with Gasteiger partial charge in [-0.15, -0.1) is 0 Å². The standard InChI is InChI=1S/C18H18ClNO3/c19-17-4-2-1-3-14(17)15-11-16(15)18(22)20-12-5-7-13(8-6-12)23-10-9-21/h1-8,15-16,21H,9-11H2,(H,20,22). The van der Waals surface area contributed by atoms with Gasteiger partial charge in [-0.25, -0.2) is 0 Å². The van der Waals surface area contributed by atoms with Gasteiger partial charge in [0.15, 0.2) is 0 Å². The summed E-state index contributed by atoms with van der Waals surface area (Å²) < 4.78 is 5.29. The summed E-state index contributed by atoms with van der Waals surface area (Å²) in [5.74, 6) is 0.854. The molecule has 2 atom stereocenters. The number of aliphatic hydroxyl groups is 1. The minimum Gasteiger partial charge on any atom is -0.491 e. The van der Waals surface area contributed by atoms with E-state index >= 15 is 0 Å². The zero-order valence-electron chi connectivity index (χ0n) is 12.5. The minimum atomic E-state index is -0.0276. The molecule has 1 fully saturated rings. The number of anilines is 1. The van der Waals surface area contributed by atoms with Gasteiger partial charge in [0.25, 0.3) is 0 Å². The van der Waals surface area contributed by atoms with E-state index in [1.165, 1.54) is 0 Å². The third-order valence-electron chi connectivity index (χ3n) is 3.91. The first-order chi connectivity index (χ1) is 11.2. The first-order valence-electron chi connectivity index (χ1n) is 7.58. The van der Waals surface area contributed by atoms with Crippen LogP contribution in [0, 0.1) is 5.92 Å². The van der Waals surface area contributed by atoms with Gasteiger partial charge in [0.05, 0.1) is 6.61 Å². The quantitative estimate of drug-likeness (QED) is 0.852. The molecule has 0 bridgehead atoms.